The van der Waals surface area contributed by atoms with E-state index in [1.807, 2.05) is 6.07 Å². The molecular weight excluding hydrogens is 268 g/mol. The molecule has 2 aromatic rings. The lowest BCUT2D eigenvalue weighted by molar-refractivity contribution is 0.387. The minimum absolute atomic E-state index is 0.498. The Kier molecular flexibility index (Phi) is 5.09. The molecule has 108 valence electrons. The van der Waals surface area contributed by atoms with E-state index in [2.05, 4.69) is 60.2 Å². The van der Waals surface area contributed by atoms with Gasteiger partial charge in [-0.1, -0.05) is 24.8 Å². The monoisotopic (exact) mass is 290 g/mol. The molecule has 0 aliphatic rings. The zero-order valence-electron chi connectivity index (χ0n) is 12.3. The second-order valence-corrected chi connectivity index (χ2v) is 6.25. The average molecular weight is 290 g/mol. The van der Waals surface area contributed by atoms with Crippen LogP contribution in [0.2, 0.25) is 0 Å². The topological polar surface area (TPSA) is 44.1 Å². The van der Waals surface area contributed by atoms with Gasteiger partial charge < -0.3 is 14.8 Å². The van der Waals surface area contributed by atoms with E-state index < -0.39 is 0 Å². The smallest absolute Gasteiger partial charge is 0.158 e. The number of nitrogens with one attached hydrogen (secondary N) is 2. The van der Waals surface area contributed by atoms with Crippen LogP contribution < -0.4 is 5.32 Å². The first-order valence-corrected chi connectivity index (χ1v) is 7.80. The number of likely N-dealkylation sites (N-methyl/N-ethyl adjacent to an activating group) is 1. The molecule has 1 heterocycles. The molecule has 1 aromatic carbocycles. The van der Waals surface area contributed by atoms with E-state index in [1.165, 1.54) is 22.7 Å². The second-order valence-electron chi connectivity index (χ2n) is 4.97. The minimum atomic E-state index is 0.498. The van der Waals surface area contributed by atoms with Crippen molar-refractivity contribution in [3.05, 3.63) is 30.5 Å². The van der Waals surface area contributed by atoms with Crippen molar-refractivity contribution < 1.29 is 0 Å². The summed E-state index contributed by atoms with van der Waals surface area (Å²) in [5.41, 5.74) is 2.19. The van der Waals surface area contributed by atoms with Crippen LogP contribution in [0.25, 0.3) is 10.9 Å². The van der Waals surface area contributed by atoms with Gasteiger partial charge >= 0.3 is 0 Å². The highest BCUT2D eigenvalue weighted by Gasteiger charge is 2.04. The van der Waals surface area contributed by atoms with Crippen molar-refractivity contribution in [1.29, 1.82) is 5.41 Å². The number of rotatable bonds is 5. The normalized spacial score (nSPS) is 11.2. The SMILES string of the molecule is CCSC(=N)Nc1ccc2ccn(CCN(C)C)c2c1. The van der Waals surface area contributed by atoms with E-state index in [-0.39, 0.29) is 0 Å². The van der Waals surface area contributed by atoms with Gasteiger partial charge in [-0.3, -0.25) is 5.41 Å². The molecule has 2 N–H and O–H groups in total. The molecule has 0 aliphatic heterocycles. The van der Waals surface area contributed by atoms with Gasteiger partial charge in [-0.25, -0.2) is 0 Å². The Labute approximate surface area is 124 Å². The van der Waals surface area contributed by atoms with Gasteiger partial charge in [0.15, 0.2) is 5.17 Å². The van der Waals surface area contributed by atoms with Crippen LogP contribution in [0.1, 0.15) is 6.92 Å². The Bertz CT molecular complexity index is 589. The van der Waals surface area contributed by atoms with Gasteiger partial charge in [0.1, 0.15) is 0 Å². The number of thioether (sulfide) groups is 1. The number of amidine groups is 1. The third-order valence-corrected chi connectivity index (χ3v) is 3.79. The molecule has 5 heteroatoms. The Morgan fingerprint density at radius 3 is 2.85 bits per heavy atom. The van der Waals surface area contributed by atoms with Gasteiger partial charge in [-0.15, -0.1) is 0 Å². The molecule has 0 aliphatic carbocycles. The Morgan fingerprint density at radius 2 is 2.15 bits per heavy atom. The first-order chi connectivity index (χ1) is 9.60. The van der Waals surface area contributed by atoms with Gasteiger partial charge in [-0.2, -0.15) is 0 Å². The van der Waals surface area contributed by atoms with E-state index in [1.54, 1.807) is 0 Å². The van der Waals surface area contributed by atoms with Crippen LogP contribution in [0, 0.1) is 5.41 Å². The standard InChI is InChI=1S/C15H22N4S/c1-4-20-15(16)17-13-6-5-12-7-8-19(14(12)11-13)10-9-18(2)3/h5-8,11H,4,9-10H2,1-3H3,(H2,16,17). The lowest BCUT2D eigenvalue weighted by atomic mass is 10.2. The summed E-state index contributed by atoms with van der Waals surface area (Å²) in [6.45, 7) is 4.04. The average Bonchev–Trinajstić information content (AvgIpc) is 2.79. The first kappa shape index (κ1) is 14.9. The Hall–Kier alpha value is -1.46. The summed E-state index contributed by atoms with van der Waals surface area (Å²) >= 11 is 1.51. The maximum atomic E-state index is 7.83. The van der Waals surface area contributed by atoms with Crippen LogP contribution in [0.5, 0.6) is 0 Å². The number of nitrogens with zero attached hydrogens (tertiary/aromatic N) is 2. The van der Waals surface area contributed by atoms with Gasteiger partial charge in [0.25, 0.3) is 0 Å². The van der Waals surface area contributed by atoms with E-state index in [0.717, 1.165) is 24.5 Å². The van der Waals surface area contributed by atoms with Crippen molar-refractivity contribution in [1.82, 2.24) is 9.47 Å². The summed E-state index contributed by atoms with van der Waals surface area (Å²) in [6, 6.07) is 8.40. The van der Waals surface area contributed by atoms with Crippen molar-refractivity contribution in [2.75, 3.05) is 31.7 Å². The number of aromatic nitrogens is 1. The minimum Gasteiger partial charge on any atom is -0.346 e. The number of fused-ring (bicyclic) bond motifs is 1. The third-order valence-electron chi connectivity index (χ3n) is 3.11. The van der Waals surface area contributed by atoms with Gasteiger partial charge in [0.2, 0.25) is 0 Å². The lowest BCUT2D eigenvalue weighted by Crippen LogP contribution is -2.17. The summed E-state index contributed by atoms with van der Waals surface area (Å²) < 4.78 is 2.26. The molecule has 2 rings (SSSR count). The molecule has 0 bridgehead atoms. The molecule has 0 unspecified atom stereocenters. The van der Waals surface area contributed by atoms with Crippen molar-refractivity contribution in [3.63, 3.8) is 0 Å². The predicted octanol–water partition coefficient (Wildman–Crippen LogP) is 3.30. The molecular formula is C15H22N4S. The summed E-state index contributed by atoms with van der Waals surface area (Å²) in [4.78, 5) is 2.18. The van der Waals surface area contributed by atoms with E-state index in [9.17, 15) is 0 Å². The summed E-state index contributed by atoms with van der Waals surface area (Å²) in [5.74, 6) is 0.910. The number of anilines is 1. The van der Waals surface area contributed by atoms with Crippen LogP contribution in [0.15, 0.2) is 30.5 Å². The van der Waals surface area contributed by atoms with Gasteiger partial charge in [0.05, 0.1) is 5.52 Å². The van der Waals surface area contributed by atoms with Crippen LogP contribution in [0.3, 0.4) is 0 Å². The van der Waals surface area contributed by atoms with Crippen LogP contribution in [-0.2, 0) is 6.54 Å². The zero-order chi connectivity index (χ0) is 14.5. The third kappa shape index (κ3) is 3.77. The zero-order valence-corrected chi connectivity index (χ0v) is 13.1. The van der Waals surface area contributed by atoms with E-state index in [4.69, 9.17) is 5.41 Å². The largest absolute Gasteiger partial charge is 0.346 e. The fourth-order valence-electron chi connectivity index (χ4n) is 2.08. The quantitative estimate of drug-likeness (QED) is 0.656. The van der Waals surface area contributed by atoms with E-state index in [0.29, 0.717) is 5.17 Å². The number of hydrogen-bond donors (Lipinski definition) is 2. The molecule has 0 saturated carbocycles. The highest BCUT2D eigenvalue weighted by atomic mass is 32.2. The molecule has 20 heavy (non-hydrogen) atoms. The molecule has 0 radical (unpaired) electrons. The van der Waals surface area contributed by atoms with Crippen LogP contribution in [-0.4, -0.2) is 41.0 Å². The molecule has 0 fully saturated rings. The maximum Gasteiger partial charge on any atom is 0.158 e. The van der Waals surface area contributed by atoms with Crippen molar-refractivity contribution in [3.8, 4) is 0 Å². The summed E-state index contributed by atoms with van der Waals surface area (Å²) in [5, 5.41) is 12.7. The van der Waals surface area contributed by atoms with Crippen molar-refractivity contribution >= 4 is 33.5 Å². The van der Waals surface area contributed by atoms with Crippen LogP contribution >= 0.6 is 11.8 Å². The maximum absolute atomic E-state index is 7.83. The molecule has 0 saturated heterocycles. The van der Waals surface area contributed by atoms with Gasteiger partial charge in [0, 0.05) is 25.0 Å². The molecule has 0 spiro atoms. The van der Waals surface area contributed by atoms with E-state index >= 15 is 0 Å². The number of benzene rings is 1. The molecule has 0 atom stereocenters. The molecule has 1 aromatic heterocycles. The highest BCUT2D eigenvalue weighted by molar-refractivity contribution is 8.14. The summed E-state index contributed by atoms with van der Waals surface area (Å²) in [6.07, 6.45) is 2.13. The van der Waals surface area contributed by atoms with Gasteiger partial charge in [-0.05, 0) is 43.4 Å². The fourth-order valence-corrected chi connectivity index (χ4v) is 2.55. The fraction of sp³-hybridized carbons (Fsp3) is 0.400. The molecule has 4 nitrogen and oxygen atoms in total. The Morgan fingerprint density at radius 1 is 1.35 bits per heavy atom. The predicted molar refractivity (Wildman–Crippen MR) is 90.0 cm³/mol. The van der Waals surface area contributed by atoms with Crippen molar-refractivity contribution in [2.45, 2.75) is 13.5 Å². The molecule has 0 amide bonds. The Balaban J connectivity index is 2.18. The lowest BCUT2D eigenvalue weighted by Gasteiger charge is -2.12. The van der Waals surface area contributed by atoms with Crippen LogP contribution in [0.4, 0.5) is 5.69 Å². The van der Waals surface area contributed by atoms with Crippen molar-refractivity contribution in [2.24, 2.45) is 0 Å². The second kappa shape index (κ2) is 6.81. The summed E-state index contributed by atoms with van der Waals surface area (Å²) in [7, 11) is 4.17. The number of hydrogen-bond acceptors (Lipinski definition) is 3. The highest BCUT2D eigenvalue weighted by Crippen LogP contribution is 2.21. The first-order valence-electron chi connectivity index (χ1n) is 6.82.